The second-order valence-electron chi connectivity index (χ2n) is 6.23. The maximum atomic E-state index is 11.2. The zero-order valence-electron chi connectivity index (χ0n) is 13.8. The number of benzene rings is 1. The van der Waals surface area contributed by atoms with E-state index in [4.69, 9.17) is 9.84 Å². The van der Waals surface area contributed by atoms with E-state index in [-0.39, 0.29) is 31.5 Å². The maximum absolute atomic E-state index is 11.2. The first-order valence-corrected chi connectivity index (χ1v) is 8.28. The molecule has 0 unspecified atom stereocenters. The summed E-state index contributed by atoms with van der Waals surface area (Å²) in [6.07, 6.45) is 1.78. The molecule has 0 bridgehead atoms. The van der Waals surface area contributed by atoms with Gasteiger partial charge in [0.05, 0.1) is 24.9 Å². The molecule has 134 valence electrons. The predicted octanol–water partition coefficient (Wildman–Crippen LogP) is 0.866. The Morgan fingerprint density at radius 3 is 2.92 bits per heavy atom. The van der Waals surface area contributed by atoms with Crippen LogP contribution < -0.4 is 4.74 Å². The lowest BCUT2D eigenvalue weighted by Crippen LogP contribution is -2.21. The third-order valence-corrected chi connectivity index (χ3v) is 4.48. The molecular formula is C17H22N4O4. The molecule has 0 radical (unpaired) electrons. The van der Waals surface area contributed by atoms with Crippen LogP contribution in [-0.2, 0) is 11.3 Å². The van der Waals surface area contributed by atoms with Crippen LogP contribution in [0.4, 0.5) is 0 Å². The summed E-state index contributed by atoms with van der Waals surface area (Å²) in [4.78, 5) is 13.4. The number of nitrogens with zero attached hydrogens (tertiary/aromatic N) is 3. The lowest BCUT2D eigenvalue weighted by molar-refractivity contribution is -0.138. The Morgan fingerprint density at radius 1 is 1.36 bits per heavy atom. The van der Waals surface area contributed by atoms with Crippen LogP contribution in [0.15, 0.2) is 30.5 Å². The quantitative estimate of drug-likeness (QED) is 0.650. The first-order chi connectivity index (χ1) is 12.2. The number of para-hydroxylation sites is 1. The van der Waals surface area contributed by atoms with Gasteiger partial charge in [0, 0.05) is 31.1 Å². The van der Waals surface area contributed by atoms with E-state index in [9.17, 15) is 9.90 Å². The summed E-state index contributed by atoms with van der Waals surface area (Å²) >= 11 is 0. The van der Waals surface area contributed by atoms with Crippen molar-refractivity contribution in [3.63, 3.8) is 0 Å². The number of aliphatic carboxylic acids is 1. The average Bonchev–Trinajstić information content (AvgIpc) is 3.23. The van der Waals surface area contributed by atoms with Crippen LogP contribution >= 0.6 is 0 Å². The minimum atomic E-state index is -0.799. The topological polar surface area (TPSA) is 112 Å². The largest absolute Gasteiger partial charge is 0.491 e. The van der Waals surface area contributed by atoms with E-state index in [1.54, 1.807) is 6.20 Å². The number of carboxylic acids is 1. The first kappa shape index (κ1) is 17.4. The minimum absolute atomic E-state index is 0.00637. The van der Waals surface area contributed by atoms with Gasteiger partial charge in [-0.05, 0) is 12.0 Å². The van der Waals surface area contributed by atoms with Crippen molar-refractivity contribution >= 4 is 5.97 Å². The number of ether oxygens (including phenoxy) is 1. The number of aliphatic hydroxyl groups is 1. The molecule has 1 aromatic heterocycles. The highest BCUT2D eigenvalue weighted by atomic mass is 16.5. The normalized spacial score (nSPS) is 20.7. The fourth-order valence-corrected chi connectivity index (χ4v) is 3.42. The molecule has 8 heteroatoms. The van der Waals surface area contributed by atoms with Gasteiger partial charge in [-0.1, -0.05) is 18.2 Å². The van der Waals surface area contributed by atoms with E-state index in [0.29, 0.717) is 13.1 Å². The van der Waals surface area contributed by atoms with Crippen LogP contribution in [0.5, 0.6) is 5.75 Å². The van der Waals surface area contributed by atoms with E-state index in [0.717, 1.165) is 23.6 Å². The molecule has 2 heterocycles. The highest BCUT2D eigenvalue weighted by Gasteiger charge is 2.36. The molecule has 25 heavy (non-hydrogen) atoms. The van der Waals surface area contributed by atoms with Crippen molar-refractivity contribution in [1.82, 2.24) is 20.3 Å². The molecule has 1 aromatic carbocycles. The summed E-state index contributed by atoms with van der Waals surface area (Å²) in [5.41, 5.74) is 1.82. The number of aliphatic hydroxyl groups excluding tert-OH is 1. The van der Waals surface area contributed by atoms with Gasteiger partial charge in [0.25, 0.3) is 0 Å². The Kier molecular flexibility index (Phi) is 5.62. The second-order valence-corrected chi connectivity index (χ2v) is 6.23. The summed E-state index contributed by atoms with van der Waals surface area (Å²) in [7, 11) is 0. The Balaban J connectivity index is 1.72. The van der Waals surface area contributed by atoms with Crippen LogP contribution in [-0.4, -0.2) is 62.8 Å². The van der Waals surface area contributed by atoms with Crippen molar-refractivity contribution in [3.8, 4) is 5.75 Å². The van der Waals surface area contributed by atoms with E-state index < -0.39 is 5.97 Å². The number of hydrogen-bond acceptors (Lipinski definition) is 6. The summed E-state index contributed by atoms with van der Waals surface area (Å²) in [6.45, 7) is 2.27. The van der Waals surface area contributed by atoms with Gasteiger partial charge < -0.3 is 14.9 Å². The molecule has 1 saturated heterocycles. The molecule has 0 aliphatic carbocycles. The molecule has 2 atom stereocenters. The number of nitrogens with one attached hydrogen (secondary N) is 1. The average molecular weight is 346 g/mol. The van der Waals surface area contributed by atoms with Crippen LogP contribution in [0.2, 0.25) is 0 Å². The van der Waals surface area contributed by atoms with Crippen molar-refractivity contribution in [3.05, 3.63) is 41.7 Å². The highest BCUT2D eigenvalue weighted by Crippen LogP contribution is 2.35. The van der Waals surface area contributed by atoms with Gasteiger partial charge in [0.2, 0.25) is 0 Å². The monoisotopic (exact) mass is 346 g/mol. The third-order valence-electron chi connectivity index (χ3n) is 4.48. The fraction of sp³-hybridized carbons (Fsp3) is 0.471. The number of aromatic nitrogens is 3. The molecule has 0 amide bonds. The number of rotatable bonds is 8. The van der Waals surface area contributed by atoms with Crippen LogP contribution in [0.1, 0.15) is 23.6 Å². The van der Waals surface area contributed by atoms with Gasteiger partial charge >= 0.3 is 5.97 Å². The summed E-state index contributed by atoms with van der Waals surface area (Å²) < 4.78 is 5.59. The lowest BCUT2D eigenvalue weighted by Gasteiger charge is -2.18. The maximum Gasteiger partial charge on any atom is 0.303 e. The molecule has 3 N–H and O–H groups in total. The molecule has 2 aromatic rings. The lowest BCUT2D eigenvalue weighted by atomic mass is 9.91. The summed E-state index contributed by atoms with van der Waals surface area (Å²) in [5, 5.41) is 28.8. The Bertz CT molecular complexity index is 692. The highest BCUT2D eigenvalue weighted by molar-refractivity contribution is 5.67. The summed E-state index contributed by atoms with van der Waals surface area (Å²) in [5.74, 6) is -0.0169. The van der Waals surface area contributed by atoms with Crippen molar-refractivity contribution < 1.29 is 19.7 Å². The van der Waals surface area contributed by atoms with Gasteiger partial charge in [0.1, 0.15) is 12.4 Å². The fourth-order valence-electron chi connectivity index (χ4n) is 3.42. The zero-order valence-corrected chi connectivity index (χ0v) is 13.8. The van der Waals surface area contributed by atoms with Gasteiger partial charge in [-0.2, -0.15) is 15.4 Å². The first-order valence-electron chi connectivity index (χ1n) is 8.28. The van der Waals surface area contributed by atoms with Gasteiger partial charge in [0.15, 0.2) is 0 Å². The van der Waals surface area contributed by atoms with Gasteiger partial charge in [-0.3, -0.25) is 9.69 Å². The smallest absolute Gasteiger partial charge is 0.303 e. The van der Waals surface area contributed by atoms with Gasteiger partial charge in [-0.15, -0.1) is 0 Å². The molecule has 1 aliphatic rings. The molecule has 0 spiro atoms. The number of aromatic amines is 1. The standard InChI is InChI=1S/C17H22N4O4/c22-5-6-25-16-4-2-1-3-12(16)9-21-10-13(7-17(23)24)14(11-21)15-8-18-20-19-15/h1-4,8,13-14,22H,5-7,9-11H2,(H,23,24)(H,18,19,20)/t13-,14+/m0/s1. The molecule has 0 saturated carbocycles. The van der Waals surface area contributed by atoms with E-state index in [1.165, 1.54) is 0 Å². The van der Waals surface area contributed by atoms with E-state index in [1.807, 2.05) is 24.3 Å². The zero-order chi connectivity index (χ0) is 17.6. The minimum Gasteiger partial charge on any atom is -0.491 e. The number of carboxylic acid groups (broad SMARTS) is 1. The molecule has 1 fully saturated rings. The predicted molar refractivity (Wildman–Crippen MR) is 89.2 cm³/mol. The molecular weight excluding hydrogens is 324 g/mol. The van der Waals surface area contributed by atoms with Crippen molar-refractivity contribution in [2.45, 2.75) is 18.9 Å². The molecule has 1 aliphatic heterocycles. The Labute approximate surface area is 145 Å². The Morgan fingerprint density at radius 2 is 2.20 bits per heavy atom. The van der Waals surface area contributed by atoms with Gasteiger partial charge in [-0.25, -0.2) is 0 Å². The SMILES string of the molecule is O=C(O)C[C@H]1CN(Cc2ccccc2OCCO)C[C@H]1c1cn[nH]n1. The van der Waals surface area contributed by atoms with Crippen molar-refractivity contribution in [2.75, 3.05) is 26.3 Å². The number of carbonyl (C=O) groups is 1. The number of hydrogen-bond donors (Lipinski definition) is 3. The summed E-state index contributed by atoms with van der Waals surface area (Å²) in [6, 6.07) is 7.71. The van der Waals surface area contributed by atoms with Crippen molar-refractivity contribution in [2.24, 2.45) is 5.92 Å². The van der Waals surface area contributed by atoms with Crippen molar-refractivity contribution in [1.29, 1.82) is 0 Å². The van der Waals surface area contributed by atoms with E-state index >= 15 is 0 Å². The number of H-pyrrole nitrogens is 1. The van der Waals surface area contributed by atoms with E-state index in [2.05, 4.69) is 20.3 Å². The molecule has 8 nitrogen and oxygen atoms in total. The second kappa shape index (κ2) is 8.09. The van der Waals surface area contributed by atoms with Crippen LogP contribution in [0.25, 0.3) is 0 Å². The number of likely N-dealkylation sites (tertiary alicyclic amines) is 1. The molecule has 3 rings (SSSR count). The van der Waals surface area contributed by atoms with Crippen LogP contribution in [0.3, 0.4) is 0 Å². The Hall–Kier alpha value is -2.45. The van der Waals surface area contributed by atoms with Crippen LogP contribution in [0, 0.1) is 5.92 Å². The third kappa shape index (κ3) is 4.34.